The Labute approximate surface area is 125 Å². The summed E-state index contributed by atoms with van der Waals surface area (Å²) in [6.45, 7) is 5.29. The highest BCUT2D eigenvalue weighted by Crippen LogP contribution is 2.47. The molecule has 2 aliphatic rings. The molecule has 1 aliphatic carbocycles. The van der Waals surface area contributed by atoms with Gasteiger partial charge >= 0.3 is 0 Å². The first-order valence-electron chi connectivity index (χ1n) is 7.70. The van der Waals surface area contributed by atoms with Crippen molar-refractivity contribution in [1.82, 2.24) is 10.2 Å². The summed E-state index contributed by atoms with van der Waals surface area (Å²) >= 11 is 0. The largest absolute Gasteiger partial charge is 0.310 e. The van der Waals surface area contributed by atoms with E-state index in [1.54, 1.807) is 7.05 Å². The van der Waals surface area contributed by atoms with E-state index in [2.05, 4.69) is 25.2 Å². The minimum Gasteiger partial charge on any atom is -0.310 e. The highest BCUT2D eigenvalue weighted by Gasteiger charge is 2.40. The van der Waals surface area contributed by atoms with Gasteiger partial charge in [0.25, 0.3) is 5.91 Å². The molecule has 3 unspecified atom stereocenters. The van der Waals surface area contributed by atoms with Gasteiger partial charge < -0.3 is 5.32 Å². The lowest BCUT2D eigenvalue weighted by Gasteiger charge is -2.25. The molecule has 0 bridgehead atoms. The molecule has 1 N–H and O–H groups in total. The van der Waals surface area contributed by atoms with Gasteiger partial charge in [0.05, 0.1) is 6.42 Å². The first-order chi connectivity index (χ1) is 10.0. The Bertz CT molecular complexity index is 596. The lowest BCUT2D eigenvalue weighted by atomic mass is 9.92. The fraction of sp³-hybridized carbons (Fsp3) is 0.529. The van der Waals surface area contributed by atoms with Crippen LogP contribution in [0.4, 0.5) is 0 Å². The summed E-state index contributed by atoms with van der Waals surface area (Å²) in [6.07, 6.45) is 1.56. The molecular formula is C17H22N2O2. The lowest BCUT2D eigenvalue weighted by molar-refractivity contribution is -0.127. The molecule has 1 saturated carbocycles. The summed E-state index contributed by atoms with van der Waals surface area (Å²) in [5, 5.41) is 3.54. The number of fused-ring (bicyclic) bond motifs is 1. The summed E-state index contributed by atoms with van der Waals surface area (Å²) in [7, 11) is 1.56. The van der Waals surface area contributed by atoms with E-state index in [1.165, 1.54) is 16.9 Å². The van der Waals surface area contributed by atoms with E-state index in [0.29, 0.717) is 23.9 Å². The first kappa shape index (κ1) is 14.3. The standard InChI is InChI=1S/C17H22N2O2/c1-4-18-16(13-7-10(13)2)12-6-5-11-9-15(20)19(3)17(21)14(11)8-12/h5-6,8,10,13,16,18H,4,7,9H2,1-3H3. The van der Waals surface area contributed by atoms with Crippen LogP contribution in [0, 0.1) is 11.8 Å². The Balaban J connectivity index is 1.95. The van der Waals surface area contributed by atoms with Crippen LogP contribution < -0.4 is 5.32 Å². The zero-order valence-electron chi connectivity index (χ0n) is 12.8. The van der Waals surface area contributed by atoms with Crippen LogP contribution in [0.1, 0.15) is 47.8 Å². The van der Waals surface area contributed by atoms with Gasteiger partial charge in [0.1, 0.15) is 0 Å². The second-order valence-corrected chi connectivity index (χ2v) is 6.26. The van der Waals surface area contributed by atoms with Crippen molar-refractivity contribution in [2.75, 3.05) is 13.6 Å². The molecule has 3 atom stereocenters. The van der Waals surface area contributed by atoms with Gasteiger partial charge in [-0.25, -0.2) is 0 Å². The fourth-order valence-electron chi connectivity index (χ4n) is 3.27. The Morgan fingerprint density at radius 3 is 2.71 bits per heavy atom. The average Bonchev–Trinajstić information content (AvgIpc) is 3.19. The van der Waals surface area contributed by atoms with Gasteiger partial charge in [-0.1, -0.05) is 26.0 Å². The van der Waals surface area contributed by atoms with Gasteiger partial charge in [0.15, 0.2) is 0 Å². The number of nitrogens with zero attached hydrogens (tertiary/aromatic N) is 1. The number of nitrogens with one attached hydrogen (secondary N) is 1. The van der Waals surface area contributed by atoms with Crippen LogP contribution in [0.25, 0.3) is 0 Å². The van der Waals surface area contributed by atoms with Crippen molar-refractivity contribution in [3.63, 3.8) is 0 Å². The number of likely N-dealkylation sites (N-methyl/N-ethyl adjacent to an activating group) is 1. The topological polar surface area (TPSA) is 49.4 Å². The molecule has 3 rings (SSSR count). The van der Waals surface area contributed by atoms with Crippen LogP contribution in [0.2, 0.25) is 0 Å². The Morgan fingerprint density at radius 2 is 2.10 bits per heavy atom. The summed E-state index contributed by atoms with van der Waals surface area (Å²) in [5.41, 5.74) is 2.71. The molecule has 4 nitrogen and oxygen atoms in total. The zero-order valence-corrected chi connectivity index (χ0v) is 12.8. The summed E-state index contributed by atoms with van der Waals surface area (Å²) in [4.78, 5) is 25.3. The number of carbonyl (C=O) groups excluding carboxylic acids is 2. The molecule has 1 heterocycles. The molecule has 1 fully saturated rings. The van der Waals surface area contributed by atoms with Gasteiger partial charge in [0.2, 0.25) is 5.91 Å². The monoisotopic (exact) mass is 286 g/mol. The van der Waals surface area contributed by atoms with Crippen molar-refractivity contribution < 1.29 is 9.59 Å². The molecule has 1 aliphatic heterocycles. The number of rotatable bonds is 4. The summed E-state index contributed by atoms with van der Waals surface area (Å²) in [5.74, 6) is 1.09. The third-order valence-corrected chi connectivity index (χ3v) is 4.77. The van der Waals surface area contributed by atoms with E-state index in [9.17, 15) is 9.59 Å². The quantitative estimate of drug-likeness (QED) is 0.863. The average molecular weight is 286 g/mol. The number of amides is 2. The molecule has 1 aromatic carbocycles. The Morgan fingerprint density at radius 1 is 1.38 bits per heavy atom. The van der Waals surface area contributed by atoms with E-state index < -0.39 is 0 Å². The predicted octanol–water partition coefficient (Wildman–Crippen LogP) is 2.15. The number of hydrogen-bond acceptors (Lipinski definition) is 3. The van der Waals surface area contributed by atoms with Crippen LogP contribution in [0.15, 0.2) is 18.2 Å². The molecular weight excluding hydrogens is 264 g/mol. The van der Waals surface area contributed by atoms with Gasteiger partial charge in [0, 0.05) is 18.7 Å². The molecule has 0 aromatic heterocycles. The lowest BCUT2D eigenvalue weighted by Crippen LogP contribution is -2.39. The fourth-order valence-corrected chi connectivity index (χ4v) is 3.27. The normalized spacial score (nSPS) is 25.8. The van der Waals surface area contributed by atoms with Crippen molar-refractivity contribution in [2.45, 2.75) is 32.7 Å². The van der Waals surface area contributed by atoms with Gasteiger partial charge in [-0.2, -0.15) is 0 Å². The Kier molecular flexibility index (Phi) is 3.57. The molecule has 4 heteroatoms. The van der Waals surface area contributed by atoms with Crippen molar-refractivity contribution in [3.05, 3.63) is 34.9 Å². The van der Waals surface area contributed by atoms with Crippen LogP contribution in [0.3, 0.4) is 0 Å². The number of hydrogen-bond donors (Lipinski definition) is 1. The van der Waals surface area contributed by atoms with E-state index in [0.717, 1.165) is 18.0 Å². The van der Waals surface area contributed by atoms with Crippen LogP contribution in [-0.4, -0.2) is 30.3 Å². The second kappa shape index (κ2) is 5.26. The maximum Gasteiger partial charge on any atom is 0.260 e. The number of carbonyl (C=O) groups is 2. The minimum absolute atomic E-state index is 0.126. The predicted molar refractivity (Wildman–Crippen MR) is 80.9 cm³/mol. The van der Waals surface area contributed by atoms with E-state index in [-0.39, 0.29) is 11.8 Å². The van der Waals surface area contributed by atoms with Crippen LogP contribution in [-0.2, 0) is 11.2 Å². The molecule has 0 spiro atoms. The molecule has 21 heavy (non-hydrogen) atoms. The highest BCUT2D eigenvalue weighted by molar-refractivity contribution is 6.09. The molecule has 0 saturated heterocycles. The third kappa shape index (κ3) is 2.48. The number of benzene rings is 1. The molecule has 1 aromatic rings. The van der Waals surface area contributed by atoms with Crippen molar-refractivity contribution in [2.24, 2.45) is 11.8 Å². The van der Waals surface area contributed by atoms with Crippen molar-refractivity contribution in [3.8, 4) is 0 Å². The zero-order chi connectivity index (χ0) is 15.1. The third-order valence-electron chi connectivity index (χ3n) is 4.77. The van der Waals surface area contributed by atoms with Crippen molar-refractivity contribution >= 4 is 11.8 Å². The summed E-state index contributed by atoms with van der Waals surface area (Å²) in [6, 6.07) is 6.32. The highest BCUT2D eigenvalue weighted by atomic mass is 16.2. The SMILES string of the molecule is CCNC(c1ccc2c(c1)C(=O)N(C)C(=O)C2)C1CC1C. The van der Waals surface area contributed by atoms with E-state index >= 15 is 0 Å². The first-order valence-corrected chi connectivity index (χ1v) is 7.70. The maximum absolute atomic E-state index is 12.3. The Hall–Kier alpha value is -1.68. The van der Waals surface area contributed by atoms with Crippen molar-refractivity contribution in [1.29, 1.82) is 0 Å². The second-order valence-electron chi connectivity index (χ2n) is 6.26. The molecule has 2 amide bonds. The van der Waals surface area contributed by atoms with Crippen LogP contribution >= 0.6 is 0 Å². The van der Waals surface area contributed by atoms with Crippen LogP contribution in [0.5, 0.6) is 0 Å². The van der Waals surface area contributed by atoms with Gasteiger partial charge in [-0.15, -0.1) is 0 Å². The molecule has 0 radical (unpaired) electrons. The minimum atomic E-state index is -0.179. The molecule has 112 valence electrons. The van der Waals surface area contributed by atoms with E-state index in [4.69, 9.17) is 0 Å². The maximum atomic E-state index is 12.3. The number of imide groups is 1. The smallest absolute Gasteiger partial charge is 0.260 e. The van der Waals surface area contributed by atoms with Gasteiger partial charge in [-0.05, 0) is 42.0 Å². The van der Waals surface area contributed by atoms with E-state index in [1.807, 2.05) is 12.1 Å². The summed E-state index contributed by atoms with van der Waals surface area (Å²) < 4.78 is 0. The van der Waals surface area contributed by atoms with Gasteiger partial charge in [-0.3, -0.25) is 14.5 Å².